The van der Waals surface area contributed by atoms with Gasteiger partial charge in [0.05, 0.1) is 37.3 Å². The number of carbonyl (C=O) groups excluding carboxylic acids is 2. The molecule has 2 fully saturated rings. The summed E-state index contributed by atoms with van der Waals surface area (Å²) in [6, 6.07) is 10.2. The molecule has 1 aromatic heterocycles. The van der Waals surface area contributed by atoms with Crippen molar-refractivity contribution in [2.75, 3.05) is 50.8 Å². The molecule has 0 radical (unpaired) electrons. The van der Waals surface area contributed by atoms with Crippen molar-refractivity contribution < 1.29 is 27.5 Å². The van der Waals surface area contributed by atoms with E-state index in [0.717, 1.165) is 23.4 Å². The van der Waals surface area contributed by atoms with E-state index in [0.29, 0.717) is 51.7 Å². The lowest BCUT2D eigenvalue weighted by atomic mass is 10.0. The van der Waals surface area contributed by atoms with Crippen LogP contribution in [0.3, 0.4) is 0 Å². The molecule has 3 aliphatic rings. The number of piperazine rings is 1. The highest BCUT2D eigenvalue weighted by Gasteiger charge is 2.41. The molecule has 1 aromatic carbocycles. The van der Waals surface area contributed by atoms with E-state index in [9.17, 15) is 22.8 Å². The summed E-state index contributed by atoms with van der Waals surface area (Å²) in [6.07, 6.45) is -3.37. The third-order valence-electron chi connectivity index (χ3n) is 7.47. The highest BCUT2D eigenvalue weighted by atomic mass is 35.5. The lowest BCUT2D eigenvalue weighted by molar-refractivity contribution is -0.138. The van der Waals surface area contributed by atoms with E-state index < -0.39 is 17.1 Å². The van der Waals surface area contributed by atoms with Crippen LogP contribution in [0.5, 0.6) is 0 Å². The zero-order chi connectivity index (χ0) is 27.6. The number of nitrogens with zero attached hydrogens (tertiary/aromatic N) is 4. The number of hydrazine groups is 1. The number of hydrogen-bond acceptors (Lipinski definition) is 7. The third kappa shape index (κ3) is 6.13. The van der Waals surface area contributed by atoms with Crippen molar-refractivity contribution in [2.24, 2.45) is 0 Å². The van der Waals surface area contributed by atoms with E-state index in [1.165, 1.54) is 6.07 Å². The molecule has 3 atom stereocenters. The van der Waals surface area contributed by atoms with Crippen molar-refractivity contribution in [3.8, 4) is 0 Å². The molecule has 2 N–H and O–H groups in total. The molecule has 3 aliphatic heterocycles. The second kappa shape index (κ2) is 11.7. The largest absolute Gasteiger partial charge is 0.417 e. The molecular formula is C26H30ClF3N6O3. The van der Waals surface area contributed by atoms with Gasteiger partial charge >= 0.3 is 6.18 Å². The number of rotatable bonds is 7. The minimum absolute atomic E-state index is 0.0346. The number of alkyl halides is 4. The van der Waals surface area contributed by atoms with E-state index in [1.807, 2.05) is 17.0 Å². The molecule has 13 heteroatoms. The quantitative estimate of drug-likeness (QED) is 0.393. The van der Waals surface area contributed by atoms with Gasteiger partial charge in [-0.3, -0.25) is 19.9 Å². The molecule has 9 nitrogen and oxygen atoms in total. The van der Waals surface area contributed by atoms with Gasteiger partial charge in [-0.2, -0.15) is 13.2 Å². The molecule has 0 bridgehead atoms. The number of carbonyl (C=O) groups is 2. The number of fused-ring (bicyclic) bond motifs is 1. The fraction of sp³-hybridized carbons (Fsp3) is 0.500. The first-order valence-corrected chi connectivity index (χ1v) is 13.3. The highest BCUT2D eigenvalue weighted by molar-refractivity contribution is 6.31. The first-order chi connectivity index (χ1) is 18.7. The van der Waals surface area contributed by atoms with Gasteiger partial charge in [0.2, 0.25) is 5.91 Å². The van der Waals surface area contributed by atoms with Crippen molar-refractivity contribution in [3.63, 3.8) is 0 Å². The van der Waals surface area contributed by atoms with Crippen LogP contribution in [0, 0.1) is 0 Å². The fourth-order valence-electron chi connectivity index (χ4n) is 5.34. The maximum Gasteiger partial charge on any atom is 0.417 e. The Balaban J connectivity index is 1.10. The van der Waals surface area contributed by atoms with Gasteiger partial charge in [0.15, 0.2) is 0 Å². The average molecular weight is 567 g/mol. The van der Waals surface area contributed by atoms with Crippen LogP contribution < -0.4 is 15.8 Å². The Morgan fingerprint density at radius 2 is 1.90 bits per heavy atom. The molecule has 2 amide bonds. The summed E-state index contributed by atoms with van der Waals surface area (Å²) in [6.45, 7) is 3.67. The summed E-state index contributed by atoms with van der Waals surface area (Å²) in [5, 5.41) is -0.693. The zero-order valence-corrected chi connectivity index (χ0v) is 21.9. The predicted octanol–water partition coefficient (Wildman–Crippen LogP) is 2.32. The number of aromatic nitrogens is 1. The average Bonchev–Trinajstić information content (AvgIpc) is 3.30. The molecule has 0 spiro atoms. The molecule has 0 saturated carbocycles. The lowest BCUT2D eigenvalue weighted by Gasteiger charge is -2.38. The van der Waals surface area contributed by atoms with Crippen molar-refractivity contribution in [1.29, 1.82) is 0 Å². The summed E-state index contributed by atoms with van der Waals surface area (Å²) >= 11 is 6.45. The van der Waals surface area contributed by atoms with Gasteiger partial charge in [0.1, 0.15) is 11.2 Å². The molecule has 39 heavy (non-hydrogen) atoms. The first kappa shape index (κ1) is 27.6. The predicted molar refractivity (Wildman–Crippen MR) is 138 cm³/mol. The van der Waals surface area contributed by atoms with E-state index in [4.69, 9.17) is 16.3 Å². The topological polar surface area (TPSA) is 90.0 Å². The highest BCUT2D eigenvalue weighted by Crippen LogP contribution is 2.37. The maximum atomic E-state index is 12.8. The normalized spacial score (nSPS) is 24.0. The van der Waals surface area contributed by atoms with Gasteiger partial charge in [0, 0.05) is 45.5 Å². The Morgan fingerprint density at radius 3 is 2.62 bits per heavy atom. The molecule has 0 aliphatic carbocycles. The second-order valence-corrected chi connectivity index (χ2v) is 10.3. The second-order valence-electron chi connectivity index (χ2n) is 9.82. The lowest BCUT2D eigenvalue weighted by Crippen LogP contribution is -2.61. The van der Waals surface area contributed by atoms with Gasteiger partial charge in [0.25, 0.3) is 5.91 Å². The van der Waals surface area contributed by atoms with Crippen molar-refractivity contribution in [3.05, 3.63) is 59.3 Å². The Morgan fingerprint density at radius 1 is 1.13 bits per heavy atom. The van der Waals surface area contributed by atoms with Crippen LogP contribution in [-0.2, 0) is 27.0 Å². The van der Waals surface area contributed by atoms with E-state index in [2.05, 4.69) is 32.9 Å². The van der Waals surface area contributed by atoms with Crippen molar-refractivity contribution in [2.45, 2.75) is 36.6 Å². The van der Waals surface area contributed by atoms with Crippen LogP contribution in [0.15, 0.2) is 42.6 Å². The minimum Gasteiger partial charge on any atom is -0.379 e. The number of amides is 2. The van der Waals surface area contributed by atoms with Crippen LogP contribution in [0.25, 0.3) is 0 Å². The van der Waals surface area contributed by atoms with Gasteiger partial charge in [-0.15, -0.1) is 11.6 Å². The monoisotopic (exact) mass is 566 g/mol. The van der Waals surface area contributed by atoms with E-state index in [-0.39, 0.29) is 36.9 Å². The summed E-state index contributed by atoms with van der Waals surface area (Å²) in [7, 11) is 0. The number of benzene rings is 1. The SMILES string of the molecule is O=C1NNCC(N2Cc3ccccc3[C@@H]2COCCC(=O)N2CCN(c3ccc(C(F)(F)F)cn3)CC2)C1Cl. The van der Waals surface area contributed by atoms with Crippen LogP contribution in [-0.4, -0.2) is 84.0 Å². The molecular weight excluding hydrogens is 537 g/mol. The summed E-state index contributed by atoms with van der Waals surface area (Å²) in [4.78, 5) is 34.7. The van der Waals surface area contributed by atoms with Gasteiger partial charge in [-0.05, 0) is 23.3 Å². The van der Waals surface area contributed by atoms with Gasteiger partial charge in [-0.1, -0.05) is 24.3 Å². The van der Waals surface area contributed by atoms with Gasteiger partial charge in [-0.25, -0.2) is 10.4 Å². The van der Waals surface area contributed by atoms with E-state index in [1.54, 1.807) is 4.90 Å². The number of pyridine rings is 1. The smallest absolute Gasteiger partial charge is 0.379 e. The number of ether oxygens (including phenoxy) is 1. The summed E-state index contributed by atoms with van der Waals surface area (Å²) in [5.74, 6) is 0.167. The number of halogens is 4. The van der Waals surface area contributed by atoms with Gasteiger partial charge < -0.3 is 14.5 Å². The molecule has 2 aromatic rings. The molecule has 5 rings (SSSR count). The molecule has 210 valence electrons. The van der Waals surface area contributed by atoms with Crippen LogP contribution in [0.1, 0.15) is 29.2 Å². The fourth-order valence-corrected chi connectivity index (χ4v) is 5.62. The third-order valence-corrected chi connectivity index (χ3v) is 7.96. The van der Waals surface area contributed by atoms with Crippen LogP contribution in [0.2, 0.25) is 0 Å². The summed E-state index contributed by atoms with van der Waals surface area (Å²) in [5.41, 5.74) is 6.99. The zero-order valence-electron chi connectivity index (χ0n) is 21.2. The molecule has 2 unspecified atom stereocenters. The molecule has 2 saturated heterocycles. The maximum absolute atomic E-state index is 12.8. The first-order valence-electron chi connectivity index (χ1n) is 12.9. The number of hydrogen-bond donors (Lipinski definition) is 2. The standard InChI is InChI=1S/C26H30ClF3N6O3/c27-24-20(14-32-33-25(24)38)36-15-17-3-1-2-4-19(17)21(36)16-39-12-7-23(37)35-10-8-34(9-11-35)22-6-5-18(13-31-22)26(28,29)30/h1-6,13,20-21,24,32H,7-12,14-16H2,(H,33,38)/t20?,21-,24?/m0/s1. The Kier molecular flexibility index (Phi) is 8.27. The minimum atomic E-state index is -4.42. The van der Waals surface area contributed by atoms with Crippen LogP contribution >= 0.6 is 11.6 Å². The summed E-state index contributed by atoms with van der Waals surface area (Å²) < 4.78 is 44.3. The number of nitrogens with one attached hydrogen (secondary N) is 2. The Hall–Kier alpha value is -2.93. The Bertz CT molecular complexity index is 1180. The van der Waals surface area contributed by atoms with Crippen LogP contribution in [0.4, 0.5) is 19.0 Å². The van der Waals surface area contributed by atoms with Crippen molar-refractivity contribution in [1.82, 2.24) is 25.6 Å². The number of anilines is 1. The Labute approximate surface area is 229 Å². The molecule has 4 heterocycles. The van der Waals surface area contributed by atoms with Crippen molar-refractivity contribution >= 4 is 29.2 Å². The van der Waals surface area contributed by atoms with E-state index >= 15 is 0 Å².